The van der Waals surface area contributed by atoms with Gasteiger partial charge in [-0.25, -0.2) is 0 Å². The van der Waals surface area contributed by atoms with Crippen molar-refractivity contribution in [2.24, 2.45) is 0 Å². The van der Waals surface area contributed by atoms with E-state index in [2.05, 4.69) is 28.2 Å². The minimum absolute atomic E-state index is 0.309. The molecule has 4 heteroatoms. The molecular weight excluding hydrogens is 310 g/mol. The third-order valence-electron chi connectivity index (χ3n) is 3.47. The molecule has 1 fully saturated rings. The number of hydrogen-bond acceptors (Lipinski definition) is 2. The Bertz CT molecular complexity index is 405. The number of benzene rings is 1. The highest BCUT2D eigenvalue weighted by Crippen LogP contribution is 2.26. The van der Waals surface area contributed by atoms with Crippen LogP contribution in [-0.4, -0.2) is 22.0 Å². The van der Waals surface area contributed by atoms with Crippen molar-refractivity contribution in [1.29, 1.82) is 0 Å². The summed E-state index contributed by atoms with van der Waals surface area (Å²) in [4.78, 5) is 0.959. The fraction of sp³-hybridized carbons (Fsp3) is 0.571. The van der Waals surface area contributed by atoms with Crippen molar-refractivity contribution in [3.05, 3.63) is 28.7 Å². The maximum absolute atomic E-state index is 12.5. The smallest absolute Gasteiger partial charge is 0.0561 e. The van der Waals surface area contributed by atoms with Gasteiger partial charge in [-0.3, -0.25) is 4.21 Å². The van der Waals surface area contributed by atoms with Gasteiger partial charge in [0.25, 0.3) is 0 Å². The van der Waals surface area contributed by atoms with Crippen LogP contribution in [0, 0.1) is 0 Å². The maximum atomic E-state index is 12.5. The zero-order valence-electron chi connectivity index (χ0n) is 10.7. The van der Waals surface area contributed by atoms with E-state index in [4.69, 9.17) is 0 Å². The topological polar surface area (TPSA) is 29.1 Å². The molecule has 0 aromatic heterocycles. The van der Waals surface area contributed by atoms with E-state index in [1.807, 2.05) is 24.3 Å². The Morgan fingerprint density at radius 1 is 1.33 bits per heavy atom. The van der Waals surface area contributed by atoms with Crippen molar-refractivity contribution >= 4 is 26.7 Å². The number of halogens is 1. The molecule has 0 bridgehead atoms. The predicted molar refractivity (Wildman–Crippen MR) is 80.3 cm³/mol. The predicted octanol–water partition coefficient (Wildman–Crippen LogP) is 3.48. The highest BCUT2D eigenvalue weighted by Gasteiger charge is 2.26. The monoisotopic (exact) mass is 329 g/mol. The number of hydrogen-bond donors (Lipinski definition) is 1. The van der Waals surface area contributed by atoms with E-state index in [9.17, 15) is 4.21 Å². The summed E-state index contributed by atoms with van der Waals surface area (Å²) in [7, 11) is -0.863. The fourth-order valence-corrected chi connectivity index (χ4v) is 4.42. The summed E-state index contributed by atoms with van der Waals surface area (Å²) in [5.41, 5.74) is 0. The summed E-state index contributed by atoms with van der Waals surface area (Å²) in [5.74, 6) is 0. The lowest BCUT2D eigenvalue weighted by Crippen LogP contribution is -2.37. The minimum atomic E-state index is -0.863. The first-order valence-electron chi connectivity index (χ1n) is 6.60. The normalized spacial score (nSPS) is 25.9. The van der Waals surface area contributed by atoms with Gasteiger partial charge in [-0.15, -0.1) is 0 Å². The van der Waals surface area contributed by atoms with Gasteiger partial charge in [0.15, 0.2) is 0 Å². The summed E-state index contributed by atoms with van der Waals surface area (Å²) in [5, 5.41) is 3.80. The van der Waals surface area contributed by atoms with Crippen LogP contribution in [0.3, 0.4) is 0 Å². The Kier molecular flexibility index (Phi) is 5.39. The Labute approximate surface area is 120 Å². The lowest BCUT2D eigenvalue weighted by atomic mass is 9.95. The number of nitrogens with one attached hydrogen (secondary N) is 1. The molecule has 100 valence electrons. The van der Waals surface area contributed by atoms with E-state index in [1.165, 1.54) is 12.8 Å². The molecule has 0 heterocycles. The van der Waals surface area contributed by atoms with Crippen LogP contribution in [0.25, 0.3) is 0 Å². The van der Waals surface area contributed by atoms with Gasteiger partial charge in [-0.05, 0) is 50.1 Å². The highest BCUT2D eigenvalue weighted by atomic mass is 79.9. The van der Waals surface area contributed by atoms with E-state index in [1.54, 1.807) is 0 Å². The molecule has 2 rings (SSSR count). The van der Waals surface area contributed by atoms with E-state index >= 15 is 0 Å². The van der Waals surface area contributed by atoms with Crippen molar-refractivity contribution in [1.82, 2.24) is 5.32 Å². The second-order valence-corrected chi connectivity index (χ2v) is 7.44. The largest absolute Gasteiger partial charge is 0.314 e. The molecule has 1 aliphatic carbocycles. The van der Waals surface area contributed by atoms with Crippen molar-refractivity contribution in [3.8, 4) is 0 Å². The first-order valence-corrected chi connectivity index (χ1v) is 8.61. The van der Waals surface area contributed by atoms with E-state index < -0.39 is 10.8 Å². The quantitative estimate of drug-likeness (QED) is 0.916. The van der Waals surface area contributed by atoms with E-state index in [0.29, 0.717) is 11.3 Å². The third kappa shape index (κ3) is 3.65. The molecule has 1 N–H and O–H groups in total. The van der Waals surface area contributed by atoms with Crippen LogP contribution in [0.1, 0.15) is 32.6 Å². The zero-order chi connectivity index (χ0) is 13.0. The first-order chi connectivity index (χ1) is 8.70. The van der Waals surface area contributed by atoms with Crippen molar-refractivity contribution in [3.63, 3.8) is 0 Å². The summed E-state index contributed by atoms with van der Waals surface area (Å²) in [6.07, 6.45) is 4.54. The lowest BCUT2D eigenvalue weighted by molar-refractivity contribution is 0.383. The standard InChI is InChI=1S/C14H20BrNOS/c1-2-16-12-4-3-5-14(10-12)18(17)13-8-6-11(15)7-9-13/h6-9,12,14,16H,2-5,10H2,1H3. The zero-order valence-corrected chi connectivity index (χ0v) is 13.1. The van der Waals surface area contributed by atoms with Crippen LogP contribution in [-0.2, 0) is 10.8 Å². The van der Waals surface area contributed by atoms with E-state index in [-0.39, 0.29) is 0 Å². The molecule has 0 aliphatic heterocycles. The van der Waals surface area contributed by atoms with Crippen molar-refractivity contribution in [2.75, 3.05) is 6.54 Å². The van der Waals surface area contributed by atoms with Crippen LogP contribution < -0.4 is 5.32 Å². The van der Waals surface area contributed by atoms with Crippen LogP contribution in [0.2, 0.25) is 0 Å². The number of rotatable bonds is 4. The van der Waals surface area contributed by atoms with Gasteiger partial charge in [0, 0.05) is 20.7 Å². The van der Waals surface area contributed by atoms with Gasteiger partial charge >= 0.3 is 0 Å². The molecule has 0 radical (unpaired) electrons. The molecule has 0 saturated heterocycles. The van der Waals surface area contributed by atoms with Gasteiger partial charge in [0.1, 0.15) is 0 Å². The summed E-state index contributed by atoms with van der Waals surface area (Å²) < 4.78 is 13.6. The summed E-state index contributed by atoms with van der Waals surface area (Å²) in [6.45, 7) is 3.14. The van der Waals surface area contributed by atoms with Crippen LogP contribution >= 0.6 is 15.9 Å². The van der Waals surface area contributed by atoms with Crippen LogP contribution in [0.5, 0.6) is 0 Å². The highest BCUT2D eigenvalue weighted by molar-refractivity contribution is 9.10. The molecule has 1 aromatic carbocycles. The van der Waals surface area contributed by atoms with Gasteiger partial charge in [-0.1, -0.05) is 29.3 Å². The maximum Gasteiger partial charge on any atom is 0.0561 e. The van der Waals surface area contributed by atoms with Crippen LogP contribution in [0.15, 0.2) is 33.6 Å². The molecule has 3 atom stereocenters. The van der Waals surface area contributed by atoms with Gasteiger partial charge in [0.05, 0.1) is 10.8 Å². The molecule has 18 heavy (non-hydrogen) atoms. The Hall–Kier alpha value is -0.190. The molecule has 1 aliphatic rings. The average molecular weight is 330 g/mol. The summed E-state index contributed by atoms with van der Waals surface area (Å²) in [6, 6.07) is 8.43. The fourth-order valence-electron chi connectivity index (χ4n) is 2.57. The SMILES string of the molecule is CCNC1CCCC(S(=O)c2ccc(Br)cc2)C1. The minimum Gasteiger partial charge on any atom is -0.314 e. The Morgan fingerprint density at radius 2 is 2.06 bits per heavy atom. The second-order valence-electron chi connectivity index (χ2n) is 4.79. The van der Waals surface area contributed by atoms with Gasteiger partial charge in [-0.2, -0.15) is 0 Å². The lowest BCUT2D eigenvalue weighted by Gasteiger charge is -2.29. The molecule has 3 unspecified atom stereocenters. The van der Waals surface area contributed by atoms with Crippen molar-refractivity contribution < 1.29 is 4.21 Å². The molecule has 1 saturated carbocycles. The Balaban J connectivity index is 2.02. The van der Waals surface area contributed by atoms with E-state index in [0.717, 1.165) is 28.8 Å². The Morgan fingerprint density at radius 3 is 2.72 bits per heavy atom. The molecular formula is C14H20BrNOS. The first kappa shape index (κ1) is 14.2. The molecule has 1 aromatic rings. The molecule has 0 amide bonds. The third-order valence-corrected chi connectivity index (χ3v) is 5.77. The second kappa shape index (κ2) is 6.83. The van der Waals surface area contributed by atoms with Gasteiger partial charge in [0.2, 0.25) is 0 Å². The molecule has 2 nitrogen and oxygen atoms in total. The average Bonchev–Trinajstić information content (AvgIpc) is 2.39. The molecule has 0 spiro atoms. The summed E-state index contributed by atoms with van der Waals surface area (Å²) >= 11 is 3.41. The van der Waals surface area contributed by atoms with Crippen LogP contribution in [0.4, 0.5) is 0 Å². The van der Waals surface area contributed by atoms with Crippen molar-refractivity contribution in [2.45, 2.75) is 48.8 Å². The van der Waals surface area contributed by atoms with Gasteiger partial charge < -0.3 is 5.32 Å².